The van der Waals surface area contributed by atoms with Gasteiger partial charge in [-0.15, -0.1) is 0 Å². The Balaban J connectivity index is 1.56. The van der Waals surface area contributed by atoms with Crippen LogP contribution in [0.5, 0.6) is 5.75 Å². The third-order valence-electron chi connectivity index (χ3n) is 4.32. The van der Waals surface area contributed by atoms with E-state index in [1.165, 1.54) is 12.1 Å². The zero-order valence-electron chi connectivity index (χ0n) is 15.0. The predicted molar refractivity (Wildman–Crippen MR) is 98.5 cm³/mol. The van der Waals surface area contributed by atoms with E-state index in [-0.39, 0.29) is 29.3 Å². The molecule has 0 unspecified atom stereocenters. The molecule has 1 aromatic carbocycles. The van der Waals surface area contributed by atoms with Crippen LogP contribution in [0.3, 0.4) is 0 Å². The number of benzene rings is 1. The second-order valence-electron chi connectivity index (χ2n) is 6.28. The zero-order valence-corrected chi connectivity index (χ0v) is 15.8. The Kier molecular flexibility index (Phi) is 6.71. The second kappa shape index (κ2) is 9.21. The lowest BCUT2D eigenvalue weighted by atomic mass is 10.1. The van der Waals surface area contributed by atoms with Crippen LogP contribution < -0.4 is 10.1 Å². The van der Waals surface area contributed by atoms with Gasteiger partial charge in [0.25, 0.3) is 5.91 Å². The van der Waals surface area contributed by atoms with Gasteiger partial charge in [0.05, 0.1) is 24.3 Å². The summed E-state index contributed by atoms with van der Waals surface area (Å²) in [5.74, 6) is 1.14. The lowest BCUT2D eigenvalue weighted by Gasteiger charge is -2.33. The van der Waals surface area contributed by atoms with E-state index in [1.807, 2.05) is 19.1 Å². The van der Waals surface area contributed by atoms with Gasteiger partial charge in [0.15, 0.2) is 6.61 Å². The molecule has 1 aliphatic heterocycles. The van der Waals surface area contributed by atoms with Gasteiger partial charge in [0, 0.05) is 19.6 Å². The summed E-state index contributed by atoms with van der Waals surface area (Å²) in [6, 6.07) is 7.52. The van der Waals surface area contributed by atoms with Gasteiger partial charge in [-0.1, -0.05) is 11.6 Å². The maximum atomic E-state index is 13.1. The van der Waals surface area contributed by atoms with E-state index >= 15 is 0 Å². The Morgan fingerprint density at radius 2 is 2.11 bits per heavy atom. The number of halogens is 2. The molecule has 2 heterocycles. The van der Waals surface area contributed by atoms with E-state index in [1.54, 1.807) is 0 Å². The summed E-state index contributed by atoms with van der Waals surface area (Å²) in [4.78, 5) is 14.4. The van der Waals surface area contributed by atoms with Crippen molar-refractivity contribution in [2.75, 3.05) is 39.5 Å². The Hall–Kier alpha value is -2.09. The molecule has 146 valence electrons. The second-order valence-corrected chi connectivity index (χ2v) is 6.69. The smallest absolute Gasteiger partial charge is 0.258 e. The summed E-state index contributed by atoms with van der Waals surface area (Å²) in [6.45, 7) is 4.89. The number of amides is 1. The molecule has 1 fully saturated rings. The molecule has 1 atom stereocenters. The number of nitrogens with zero attached hydrogens (tertiary/aromatic N) is 1. The molecule has 27 heavy (non-hydrogen) atoms. The van der Waals surface area contributed by atoms with Crippen LogP contribution in [0.25, 0.3) is 0 Å². The van der Waals surface area contributed by atoms with Gasteiger partial charge >= 0.3 is 0 Å². The highest BCUT2D eigenvalue weighted by Gasteiger charge is 2.25. The lowest BCUT2D eigenvalue weighted by Crippen LogP contribution is -2.44. The van der Waals surface area contributed by atoms with Crippen molar-refractivity contribution >= 4 is 17.5 Å². The lowest BCUT2D eigenvalue weighted by molar-refractivity contribution is -0.123. The number of furan rings is 1. The number of hydrogen-bond acceptors (Lipinski definition) is 5. The molecule has 0 bridgehead atoms. The Bertz CT molecular complexity index is 777. The molecule has 1 amide bonds. The summed E-state index contributed by atoms with van der Waals surface area (Å²) in [7, 11) is 0. The van der Waals surface area contributed by atoms with Crippen LogP contribution in [0, 0.1) is 12.7 Å². The molecule has 6 nitrogen and oxygen atoms in total. The van der Waals surface area contributed by atoms with Gasteiger partial charge in [0.1, 0.15) is 23.1 Å². The van der Waals surface area contributed by atoms with Crippen molar-refractivity contribution in [2.24, 2.45) is 0 Å². The van der Waals surface area contributed by atoms with Crippen molar-refractivity contribution in [1.82, 2.24) is 10.2 Å². The molecule has 8 heteroatoms. The quantitative estimate of drug-likeness (QED) is 0.779. The third-order valence-corrected chi connectivity index (χ3v) is 4.62. The fourth-order valence-corrected chi connectivity index (χ4v) is 3.15. The standard InChI is InChI=1S/C19H22ClFN2O4/c1-13-2-4-18(27-13)16(23-6-8-25-9-7-23)11-22-19(24)12-26-17-5-3-14(21)10-15(17)20/h2-5,10,16H,6-9,11-12H2,1H3,(H,22,24)/t16-/m1/s1. The van der Waals surface area contributed by atoms with Crippen molar-refractivity contribution < 1.29 is 23.1 Å². The first-order chi connectivity index (χ1) is 13.0. The molecular formula is C19H22ClFN2O4. The van der Waals surface area contributed by atoms with E-state index in [0.717, 1.165) is 30.7 Å². The summed E-state index contributed by atoms with van der Waals surface area (Å²) in [6.07, 6.45) is 0. The number of carbonyl (C=O) groups excluding carboxylic acids is 1. The average molecular weight is 397 g/mol. The highest BCUT2D eigenvalue weighted by atomic mass is 35.5. The molecule has 3 rings (SSSR count). The first-order valence-corrected chi connectivity index (χ1v) is 9.13. The molecule has 1 aromatic heterocycles. The topological polar surface area (TPSA) is 63.9 Å². The molecule has 2 aromatic rings. The van der Waals surface area contributed by atoms with Crippen molar-refractivity contribution in [3.05, 3.63) is 52.7 Å². The van der Waals surface area contributed by atoms with E-state index in [4.69, 9.17) is 25.5 Å². The first-order valence-electron chi connectivity index (χ1n) is 8.75. The summed E-state index contributed by atoms with van der Waals surface area (Å²) in [5, 5.41) is 2.99. The van der Waals surface area contributed by atoms with E-state index < -0.39 is 5.82 Å². The van der Waals surface area contributed by atoms with E-state index in [2.05, 4.69) is 10.2 Å². The molecule has 0 spiro atoms. The normalized spacial score (nSPS) is 16.1. The number of rotatable bonds is 7. The highest BCUT2D eigenvalue weighted by molar-refractivity contribution is 6.32. The van der Waals surface area contributed by atoms with Gasteiger partial charge in [-0.3, -0.25) is 9.69 Å². The summed E-state index contributed by atoms with van der Waals surface area (Å²) < 4.78 is 29.6. The number of morpholine rings is 1. The first kappa shape index (κ1) is 19.7. The van der Waals surface area contributed by atoms with Gasteiger partial charge in [-0.2, -0.15) is 0 Å². The van der Waals surface area contributed by atoms with Crippen molar-refractivity contribution in [2.45, 2.75) is 13.0 Å². The highest BCUT2D eigenvalue weighted by Crippen LogP contribution is 2.25. The molecule has 0 aliphatic carbocycles. The molecule has 0 saturated carbocycles. The number of nitrogens with one attached hydrogen (secondary N) is 1. The minimum Gasteiger partial charge on any atom is -0.482 e. The number of aryl methyl sites for hydroxylation is 1. The van der Waals surface area contributed by atoms with Crippen LogP contribution in [0.1, 0.15) is 17.6 Å². The molecule has 1 aliphatic rings. The molecule has 1 N–H and O–H groups in total. The van der Waals surface area contributed by atoms with Crippen LogP contribution in [0.4, 0.5) is 4.39 Å². The average Bonchev–Trinajstić information content (AvgIpc) is 3.08. The van der Waals surface area contributed by atoms with Crippen LogP contribution in [0.15, 0.2) is 34.7 Å². The van der Waals surface area contributed by atoms with E-state index in [0.29, 0.717) is 19.8 Å². The maximum Gasteiger partial charge on any atom is 0.258 e. The third kappa shape index (κ3) is 5.45. The largest absolute Gasteiger partial charge is 0.482 e. The zero-order chi connectivity index (χ0) is 19.2. The van der Waals surface area contributed by atoms with Crippen LogP contribution in [0.2, 0.25) is 5.02 Å². The number of hydrogen-bond donors (Lipinski definition) is 1. The fraction of sp³-hybridized carbons (Fsp3) is 0.421. The Morgan fingerprint density at radius 1 is 1.33 bits per heavy atom. The van der Waals surface area contributed by atoms with Crippen molar-refractivity contribution in [3.8, 4) is 5.75 Å². The summed E-state index contributed by atoms with van der Waals surface area (Å²) in [5.41, 5.74) is 0. The Labute approximate surface area is 162 Å². The van der Waals surface area contributed by atoms with Crippen LogP contribution in [-0.2, 0) is 9.53 Å². The predicted octanol–water partition coefficient (Wildman–Crippen LogP) is 2.95. The Morgan fingerprint density at radius 3 is 2.78 bits per heavy atom. The van der Waals surface area contributed by atoms with Crippen molar-refractivity contribution in [1.29, 1.82) is 0 Å². The summed E-state index contributed by atoms with van der Waals surface area (Å²) >= 11 is 5.90. The fourth-order valence-electron chi connectivity index (χ4n) is 2.93. The molecular weight excluding hydrogens is 375 g/mol. The molecule has 0 radical (unpaired) electrons. The van der Waals surface area contributed by atoms with E-state index in [9.17, 15) is 9.18 Å². The minimum absolute atomic E-state index is 0.0824. The van der Waals surface area contributed by atoms with Gasteiger partial charge < -0.3 is 19.2 Å². The van der Waals surface area contributed by atoms with Crippen molar-refractivity contribution in [3.63, 3.8) is 0 Å². The van der Waals surface area contributed by atoms with Gasteiger partial charge in [-0.25, -0.2) is 4.39 Å². The van der Waals surface area contributed by atoms with Crippen LogP contribution >= 0.6 is 11.6 Å². The number of carbonyl (C=O) groups is 1. The van der Waals surface area contributed by atoms with Crippen LogP contribution in [-0.4, -0.2) is 50.3 Å². The minimum atomic E-state index is -0.459. The monoisotopic (exact) mass is 396 g/mol. The SMILES string of the molecule is Cc1ccc([C@@H](CNC(=O)COc2ccc(F)cc2Cl)N2CCOCC2)o1. The van der Waals surface area contributed by atoms with Gasteiger partial charge in [0.2, 0.25) is 0 Å². The molecule has 1 saturated heterocycles. The number of ether oxygens (including phenoxy) is 2. The maximum absolute atomic E-state index is 13.1. The van der Waals surface area contributed by atoms with Gasteiger partial charge in [-0.05, 0) is 37.3 Å².